The van der Waals surface area contributed by atoms with Crippen LogP contribution in [0.4, 0.5) is 5.69 Å². The molecule has 0 saturated carbocycles. The molecule has 0 aromatic heterocycles. The maximum atomic E-state index is 12.4. The van der Waals surface area contributed by atoms with Gasteiger partial charge in [0.25, 0.3) is 10.0 Å². The van der Waals surface area contributed by atoms with Gasteiger partial charge in [0.1, 0.15) is 15.6 Å². The molecule has 0 saturated heterocycles. The lowest BCUT2D eigenvalue weighted by atomic mass is 10.2. The number of hydrogen-bond acceptors (Lipinski definition) is 6. The van der Waals surface area contributed by atoms with E-state index in [2.05, 4.69) is 9.71 Å². The number of rotatable bonds is 5. The Morgan fingerprint density at radius 2 is 1.85 bits per heavy atom. The van der Waals surface area contributed by atoms with Gasteiger partial charge in [-0.3, -0.25) is 0 Å². The number of halogens is 1. The number of nitrogens with zero attached hydrogens (tertiary/aromatic N) is 1. The molecule has 0 spiro atoms. The lowest BCUT2D eigenvalue weighted by molar-refractivity contribution is 0.596. The van der Waals surface area contributed by atoms with E-state index in [0.29, 0.717) is 11.5 Å². The normalized spacial score (nSPS) is 15.6. The molecule has 0 atom stereocenters. The topological polar surface area (TPSA) is 119 Å². The Morgan fingerprint density at radius 1 is 1.19 bits per heavy atom. The predicted molar refractivity (Wildman–Crippen MR) is 108 cm³/mol. The zero-order valence-electron chi connectivity index (χ0n) is 14.1. The van der Waals surface area contributed by atoms with Gasteiger partial charge in [-0.2, -0.15) is 8.42 Å². The van der Waals surface area contributed by atoms with Gasteiger partial charge >= 0.3 is 0 Å². The number of anilines is 1. The summed E-state index contributed by atoms with van der Waals surface area (Å²) >= 11 is 7.44. The van der Waals surface area contributed by atoms with Gasteiger partial charge in [0, 0.05) is 5.75 Å². The fraction of sp³-hybridized carbons (Fsp3) is 0.188. The summed E-state index contributed by atoms with van der Waals surface area (Å²) in [6.45, 7) is 2.01. The SMILES string of the molecule is Cc1ccc(CSCC2=NS(=O)(=O)c3cc(S(N)(=O)=O)c(Cl)cc3N2)cc1. The third kappa shape index (κ3) is 4.64. The molecule has 1 aliphatic heterocycles. The van der Waals surface area contributed by atoms with Crippen molar-refractivity contribution in [1.82, 2.24) is 0 Å². The standard InChI is InChI=1S/C16H16ClN3O4S3/c1-10-2-4-11(5-3-10)8-25-9-16-19-13-6-12(17)14(26(18,21)22)7-15(13)27(23,24)20-16/h2-7H,8-9H2,1H3,(H,19,20)(H2,18,21,22). The van der Waals surface area contributed by atoms with Crippen molar-refractivity contribution in [3.8, 4) is 0 Å². The van der Waals surface area contributed by atoms with Crippen LogP contribution < -0.4 is 10.5 Å². The van der Waals surface area contributed by atoms with Gasteiger partial charge in [0.15, 0.2) is 0 Å². The number of amidine groups is 1. The fourth-order valence-electron chi connectivity index (χ4n) is 2.45. The summed E-state index contributed by atoms with van der Waals surface area (Å²) in [5.74, 6) is 1.28. The van der Waals surface area contributed by atoms with Crippen molar-refractivity contribution < 1.29 is 16.8 Å². The van der Waals surface area contributed by atoms with E-state index < -0.39 is 24.9 Å². The van der Waals surface area contributed by atoms with E-state index in [0.717, 1.165) is 11.6 Å². The molecular weight excluding hydrogens is 430 g/mol. The van der Waals surface area contributed by atoms with E-state index in [1.165, 1.54) is 23.4 Å². The van der Waals surface area contributed by atoms with Crippen molar-refractivity contribution in [3.05, 3.63) is 52.5 Å². The number of sulfonamides is 2. The van der Waals surface area contributed by atoms with Crippen LogP contribution >= 0.6 is 23.4 Å². The molecule has 0 unspecified atom stereocenters. The van der Waals surface area contributed by atoms with Crippen molar-refractivity contribution in [1.29, 1.82) is 0 Å². The summed E-state index contributed by atoms with van der Waals surface area (Å²) in [5, 5.41) is 7.81. The van der Waals surface area contributed by atoms with Crippen LogP contribution in [-0.4, -0.2) is 28.4 Å². The van der Waals surface area contributed by atoms with Crippen LogP contribution in [0.15, 0.2) is 50.6 Å². The number of aryl methyl sites for hydroxylation is 1. The fourth-order valence-corrected chi connectivity index (χ4v) is 5.72. The van der Waals surface area contributed by atoms with Gasteiger partial charge in [0.05, 0.1) is 16.5 Å². The summed E-state index contributed by atoms with van der Waals surface area (Å²) in [6, 6.07) is 10.2. The third-order valence-corrected chi connectivity index (χ3v) is 7.50. The summed E-state index contributed by atoms with van der Waals surface area (Å²) < 4.78 is 51.7. The van der Waals surface area contributed by atoms with E-state index in [1.54, 1.807) is 0 Å². The van der Waals surface area contributed by atoms with Gasteiger partial charge in [-0.15, -0.1) is 16.2 Å². The molecule has 2 aromatic carbocycles. The second-order valence-corrected chi connectivity index (χ2v) is 10.4. The molecule has 27 heavy (non-hydrogen) atoms. The lowest BCUT2D eigenvalue weighted by Crippen LogP contribution is -2.24. The molecule has 0 bridgehead atoms. The zero-order chi connectivity index (χ0) is 19.8. The van der Waals surface area contributed by atoms with Gasteiger partial charge in [-0.1, -0.05) is 41.4 Å². The first-order valence-electron chi connectivity index (χ1n) is 7.67. The quantitative estimate of drug-likeness (QED) is 0.730. The van der Waals surface area contributed by atoms with Crippen LogP contribution in [0.25, 0.3) is 0 Å². The Hall–Kier alpha value is -1.59. The zero-order valence-corrected chi connectivity index (χ0v) is 17.3. The van der Waals surface area contributed by atoms with Crippen molar-refractivity contribution in [3.63, 3.8) is 0 Å². The van der Waals surface area contributed by atoms with Crippen molar-refractivity contribution in [2.75, 3.05) is 11.1 Å². The number of nitrogens with one attached hydrogen (secondary N) is 1. The summed E-state index contributed by atoms with van der Waals surface area (Å²) in [7, 11) is -8.21. The highest BCUT2D eigenvalue weighted by molar-refractivity contribution is 7.99. The number of benzene rings is 2. The Kier molecular flexibility index (Phi) is 5.55. The van der Waals surface area contributed by atoms with Crippen molar-refractivity contribution in [2.24, 2.45) is 9.54 Å². The number of primary sulfonamides is 1. The minimum atomic E-state index is -4.16. The smallest absolute Gasteiger partial charge is 0.286 e. The van der Waals surface area contributed by atoms with Gasteiger partial charge in [-0.05, 0) is 24.6 Å². The Morgan fingerprint density at radius 3 is 2.48 bits per heavy atom. The first kappa shape index (κ1) is 20.2. The molecule has 3 N–H and O–H groups in total. The molecule has 1 heterocycles. The Labute approximate surface area is 167 Å². The van der Waals surface area contributed by atoms with E-state index in [4.69, 9.17) is 16.7 Å². The largest absolute Gasteiger partial charge is 0.341 e. The monoisotopic (exact) mass is 445 g/mol. The summed E-state index contributed by atoms with van der Waals surface area (Å²) in [5.41, 5.74) is 2.46. The van der Waals surface area contributed by atoms with E-state index in [1.807, 2.05) is 31.2 Å². The van der Waals surface area contributed by atoms with Gasteiger partial charge in [-0.25, -0.2) is 13.6 Å². The molecule has 3 rings (SSSR count). The van der Waals surface area contributed by atoms with E-state index in [-0.39, 0.29) is 21.4 Å². The molecule has 1 aliphatic rings. The summed E-state index contributed by atoms with van der Waals surface area (Å²) in [4.78, 5) is -0.733. The van der Waals surface area contributed by atoms with Crippen LogP contribution in [0, 0.1) is 6.92 Å². The Balaban J connectivity index is 1.80. The average molecular weight is 446 g/mol. The second kappa shape index (κ2) is 7.44. The van der Waals surface area contributed by atoms with Gasteiger partial charge in [0.2, 0.25) is 10.0 Å². The molecule has 0 radical (unpaired) electrons. The maximum Gasteiger partial charge on any atom is 0.286 e. The number of fused-ring (bicyclic) bond motifs is 1. The molecule has 0 amide bonds. The van der Waals surface area contributed by atoms with E-state index in [9.17, 15) is 16.8 Å². The highest BCUT2D eigenvalue weighted by Gasteiger charge is 2.28. The number of hydrogen-bond donors (Lipinski definition) is 2. The predicted octanol–water partition coefficient (Wildman–Crippen LogP) is 2.74. The first-order chi connectivity index (χ1) is 12.6. The third-order valence-electron chi connectivity index (χ3n) is 3.76. The van der Waals surface area contributed by atoms with Crippen LogP contribution in [0.5, 0.6) is 0 Å². The molecular formula is C16H16ClN3O4S3. The second-order valence-electron chi connectivity index (χ2n) is 5.94. The first-order valence-corrected chi connectivity index (χ1v) is 12.2. The molecule has 11 heteroatoms. The van der Waals surface area contributed by atoms with Crippen LogP contribution in [0.2, 0.25) is 5.02 Å². The molecule has 7 nitrogen and oxygen atoms in total. The highest BCUT2D eigenvalue weighted by atomic mass is 35.5. The minimum Gasteiger partial charge on any atom is -0.341 e. The minimum absolute atomic E-state index is 0.160. The molecule has 0 aliphatic carbocycles. The van der Waals surface area contributed by atoms with E-state index >= 15 is 0 Å². The molecule has 0 fully saturated rings. The average Bonchev–Trinajstić information content (AvgIpc) is 2.54. The maximum absolute atomic E-state index is 12.4. The van der Waals surface area contributed by atoms with Crippen LogP contribution in [0.3, 0.4) is 0 Å². The molecule has 2 aromatic rings. The highest BCUT2D eigenvalue weighted by Crippen LogP contribution is 2.34. The summed E-state index contributed by atoms with van der Waals surface area (Å²) in [6.07, 6.45) is 0. The number of nitrogens with two attached hydrogens (primary N) is 1. The van der Waals surface area contributed by atoms with Crippen molar-refractivity contribution >= 4 is 54.9 Å². The Bertz CT molecular complexity index is 1130. The van der Waals surface area contributed by atoms with Crippen molar-refractivity contribution in [2.45, 2.75) is 22.5 Å². The van der Waals surface area contributed by atoms with Gasteiger partial charge < -0.3 is 5.32 Å². The number of thioether (sulfide) groups is 1. The van der Waals surface area contributed by atoms with Crippen LogP contribution in [0.1, 0.15) is 11.1 Å². The van der Waals surface area contributed by atoms with Crippen LogP contribution in [-0.2, 0) is 25.8 Å². The molecule has 144 valence electrons. The lowest BCUT2D eigenvalue weighted by Gasteiger charge is -2.19.